The van der Waals surface area contributed by atoms with E-state index in [1.807, 2.05) is 13.0 Å². The van der Waals surface area contributed by atoms with Crippen molar-refractivity contribution in [3.8, 4) is 11.4 Å². The van der Waals surface area contributed by atoms with Crippen molar-refractivity contribution in [2.45, 2.75) is 6.92 Å². The van der Waals surface area contributed by atoms with Gasteiger partial charge in [0.25, 0.3) is 0 Å². The van der Waals surface area contributed by atoms with Crippen LogP contribution in [0.15, 0.2) is 30.5 Å². The Kier molecular flexibility index (Phi) is 2.52. The molecule has 1 aromatic carbocycles. The largest absolute Gasteiger partial charge is 0.337 e. The molecule has 2 aromatic heterocycles. The molecule has 0 aliphatic heterocycles. The molecule has 0 radical (unpaired) electrons. The number of nitrogens with zero attached hydrogens (tertiary/aromatic N) is 2. The molecule has 18 heavy (non-hydrogen) atoms. The van der Waals surface area contributed by atoms with Gasteiger partial charge in [-0.15, -0.1) is 0 Å². The van der Waals surface area contributed by atoms with E-state index in [9.17, 15) is 4.39 Å². The molecule has 5 heteroatoms. The number of nitrogens with one attached hydrogen (secondary N) is 1. The zero-order chi connectivity index (χ0) is 12.7. The van der Waals surface area contributed by atoms with Crippen LogP contribution in [0.5, 0.6) is 0 Å². The van der Waals surface area contributed by atoms with Gasteiger partial charge < -0.3 is 4.98 Å². The van der Waals surface area contributed by atoms with Crippen molar-refractivity contribution >= 4 is 22.8 Å². The van der Waals surface area contributed by atoms with Gasteiger partial charge in [0.15, 0.2) is 5.65 Å². The number of benzene rings is 1. The lowest BCUT2D eigenvalue weighted by Gasteiger charge is -1.98. The molecule has 0 saturated heterocycles. The van der Waals surface area contributed by atoms with Crippen molar-refractivity contribution in [2.24, 2.45) is 0 Å². The van der Waals surface area contributed by atoms with Crippen LogP contribution in [0, 0.1) is 12.7 Å². The molecule has 0 unspecified atom stereocenters. The van der Waals surface area contributed by atoms with E-state index in [1.165, 1.54) is 12.1 Å². The molecule has 3 aromatic rings. The summed E-state index contributed by atoms with van der Waals surface area (Å²) in [5.41, 5.74) is 3.14. The maximum absolute atomic E-state index is 13.4. The minimum Gasteiger partial charge on any atom is -0.337 e. The van der Waals surface area contributed by atoms with Gasteiger partial charge in [-0.05, 0) is 36.8 Å². The van der Waals surface area contributed by atoms with Crippen molar-refractivity contribution in [3.63, 3.8) is 0 Å². The van der Waals surface area contributed by atoms with Gasteiger partial charge in [-0.2, -0.15) is 0 Å². The van der Waals surface area contributed by atoms with Crippen LogP contribution in [-0.4, -0.2) is 15.0 Å². The molecule has 90 valence electrons. The van der Waals surface area contributed by atoms with Gasteiger partial charge >= 0.3 is 0 Å². The van der Waals surface area contributed by atoms with E-state index < -0.39 is 5.82 Å². The standard InChI is InChI=1S/C13H9ClFN3/c1-7-4-11-13(16-6-7)18-12(17-11)8-2-3-9(14)10(15)5-8/h2-6H,1H3,(H,16,17,18). The minimum atomic E-state index is -0.459. The second kappa shape index (κ2) is 4.07. The lowest BCUT2D eigenvalue weighted by Crippen LogP contribution is -1.83. The first-order chi connectivity index (χ1) is 8.63. The minimum absolute atomic E-state index is 0.101. The number of aromatic nitrogens is 3. The van der Waals surface area contributed by atoms with E-state index in [0.717, 1.165) is 11.1 Å². The highest BCUT2D eigenvalue weighted by Crippen LogP contribution is 2.23. The fourth-order valence-corrected chi connectivity index (χ4v) is 1.90. The van der Waals surface area contributed by atoms with Gasteiger partial charge in [0.1, 0.15) is 11.6 Å². The van der Waals surface area contributed by atoms with E-state index in [2.05, 4.69) is 15.0 Å². The monoisotopic (exact) mass is 261 g/mol. The molecule has 3 rings (SSSR count). The third kappa shape index (κ3) is 1.84. The number of fused-ring (bicyclic) bond motifs is 1. The molecule has 0 amide bonds. The molecule has 2 heterocycles. The molecule has 0 fully saturated rings. The Labute approximate surface area is 108 Å². The average molecular weight is 262 g/mol. The van der Waals surface area contributed by atoms with Crippen LogP contribution in [0.2, 0.25) is 5.02 Å². The number of halogens is 2. The number of aromatic amines is 1. The number of imidazole rings is 1. The van der Waals surface area contributed by atoms with E-state index in [1.54, 1.807) is 12.3 Å². The smallest absolute Gasteiger partial charge is 0.178 e. The predicted octanol–water partition coefficient (Wildman–Crippen LogP) is 3.73. The Bertz CT molecular complexity index is 736. The van der Waals surface area contributed by atoms with Crippen LogP contribution in [-0.2, 0) is 0 Å². The number of H-pyrrole nitrogens is 1. The summed E-state index contributed by atoms with van der Waals surface area (Å²) in [6.07, 6.45) is 1.75. The highest BCUT2D eigenvalue weighted by Gasteiger charge is 2.08. The van der Waals surface area contributed by atoms with Gasteiger partial charge in [-0.1, -0.05) is 11.6 Å². The highest BCUT2D eigenvalue weighted by atomic mass is 35.5. The van der Waals surface area contributed by atoms with Crippen LogP contribution in [0.3, 0.4) is 0 Å². The molecule has 0 spiro atoms. The number of hydrogen-bond donors (Lipinski definition) is 1. The first kappa shape index (κ1) is 11.2. The summed E-state index contributed by atoms with van der Waals surface area (Å²) in [7, 11) is 0. The van der Waals surface area contributed by atoms with Gasteiger partial charge in [0.2, 0.25) is 0 Å². The Hall–Kier alpha value is -1.94. The summed E-state index contributed by atoms with van der Waals surface area (Å²) in [4.78, 5) is 11.6. The fraction of sp³-hybridized carbons (Fsp3) is 0.0769. The van der Waals surface area contributed by atoms with E-state index >= 15 is 0 Å². The number of pyridine rings is 1. The van der Waals surface area contributed by atoms with Crippen molar-refractivity contribution in [1.29, 1.82) is 0 Å². The summed E-state index contributed by atoms with van der Waals surface area (Å²) >= 11 is 5.65. The first-order valence-electron chi connectivity index (χ1n) is 5.41. The second-order valence-electron chi connectivity index (χ2n) is 4.10. The molecule has 0 aliphatic carbocycles. The zero-order valence-corrected chi connectivity index (χ0v) is 10.3. The van der Waals surface area contributed by atoms with E-state index in [4.69, 9.17) is 11.6 Å². The van der Waals surface area contributed by atoms with Gasteiger partial charge in [0, 0.05) is 11.8 Å². The van der Waals surface area contributed by atoms with Crippen LogP contribution >= 0.6 is 11.6 Å². The predicted molar refractivity (Wildman–Crippen MR) is 69.0 cm³/mol. The summed E-state index contributed by atoms with van der Waals surface area (Å²) in [6.45, 7) is 1.95. The normalized spacial score (nSPS) is 11.1. The quantitative estimate of drug-likeness (QED) is 0.725. The summed E-state index contributed by atoms with van der Waals surface area (Å²) in [5.74, 6) is 0.123. The van der Waals surface area contributed by atoms with Crippen molar-refractivity contribution < 1.29 is 4.39 Å². The molecule has 0 atom stereocenters. The third-order valence-corrected chi connectivity index (χ3v) is 2.97. The van der Waals surface area contributed by atoms with Crippen molar-refractivity contribution in [2.75, 3.05) is 0 Å². The Morgan fingerprint density at radius 1 is 1.28 bits per heavy atom. The molecule has 0 bridgehead atoms. The first-order valence-corrected chi connectivity index (χ1v) is 5.79. The van der Waals surface area contributed by atoms with Crippen LogP contribution in [0.4, 0.5) is 4.39 Å². The number of rotatable bonds is 1. The fourth-order valence-electron chi connectivity index (χ4n) is 1.78. The number of hydrogen-bond acceptors (Lipinski definition) is 2. The van der Waals surface area contributed by atoms with Crippen LogP contribution in [0.25, 0.3) is 22.6 Å². The van der Waals surface area contributed by atoms with E-state index in [-0.39, 0.29) is 5.02 Å². The molecule has 1 N–H and O–H groups in total. The molecular formula is C13H9ClFN3. The molecular weight excluding hydrogens is 253 g/mol. The Balaban J connectivity index is 2.16. The average Bonchev–Trinajstić information content (AvgIpc) is 2.75. The van der Waals surface area contributed by atoms with Gasteiger partial charge in [-0.3, -0.25) is 0 Å². The highest BCUT2D eigenvalue weighted by molar-refractivity contribution is 6.30. The summed E-state index contributed by atoms with van der Waals surface area (Å²) in [5, 5.41) is 0.101. The third-order valence-electron chi connectivity index (χ3n) is 2.67. The maximum atomic E-state index is 13.4. The second-order valence-corrected chi connectivity index (χ2v) is 4.51. The van der Waals surface area contributed by atoms with Gasteiger partial charge in [-0.25, -0.2) is 14.4 Å². The lowest BCUT2D eigenvalue weighted by atomic mass is 10.2. The molecule has 0 aliphatic rings. The lowest BCUT2D eigenvalue weighted by molar-refractivity contribution is 0.628. The Morgan fingerprint density at radius 3 is 2.89 bits per heavy atom. The summed E-state index contributed by atoms with van der Waals surface area (Å²) < 4.78 is 13.4. The maximum Gasteiger partial charge on any atom is 0.178 e. The van der Waals surface area contributed by atoms with Crippen LogP contribution < -0.4 is 0 Å². The topological polar surface area (TPSA) is 41.6 Å². The summed E-state index contributed by atoms with van der Waals surface area (Å²) in [6, 6.07) is 6.53. The SMILES string of the molecule is Cc1cnc2nc(-c3ccc(Cl)c(F)c3)[nH]c2c1. The van der Waals surface area contributed by atoms with E-state index in [0.29, 0.717) is 17.0 Å². The Morgan fingerprint density at radius 2 is 2.11 bits per heavy atom. The van der Waals surface area contributed by atoms with Crippen LogP contribution in [0.1, 0.15) is 5.56 Å². The molecule has 3 nitrogen and oxygen atoms in total. The van der Waals surface area contributed by atoms with Gasteiger partial charge in [0.05, 0.1) is 10.5 Å². The number of aryl methyl sites for hydroxylation is 1. The van der Waals surface area contributed by atoms with Crippen molar-refractivity contribution in [3.05, 3.63) is 46.9 Å². The molecule has 0 saturated carbocycles. The zero-order valence-electron chi connectivity index (χ0n) is 9.54. The van der Waals surface area contributed by atoms with Crippen molar-refractivity contribution in [1.82, 2.24) is 15.0 Å².